The molecule has 0 saturated carbocycles. The zero-order chi connectivity index (χ0) is 13.2. The monoisotopic (exact) mass is 278 g/mol. The molecule has 1 aromatic heterocycles. The number of hydrogen-bond acceptors (Lipinski definition) is 3. The molecule has 1 aromatic carbocycles. The second-order valence-corrected chi connectivity index (χ2v) is 4.82. The molecule has 3 nitrogen and oxygen atoms in total. The molecule has 0 saturated heterocycles. The van der Waals surface area contributed by atoms with Crippen LogP contribution in [-0.4, -0.2) is 16.6 Å². The summed E-state index contributed by atoms with van der Waals surface area (Å²) in [5, 5.41) is 0.441. The van der Waals surface area contributed by atoms with Gasteiger partial charge in [0.25, 0.3) is 0 Å². The Morgan fingerprint density at radius 2 is 2.21 bits per heavy atom. The Bertz CT molecular complexity index is 618. The van der Waals surface area contributed by atoms with E-state index in [2.05, 4.69) is 9.97 Å². The maximum Gasteiger partial charge on any atom is 0.138 e. The number of hydrogen-bond donors (Lipinski definition) is 0. The number of halogens is 2. The van der Waals surface area contributed by atoms with Crippen molar-refractivity contribution in [1.29, 1.82) is 0 Å². The van der Waals surface area contributed by atoms with Crippen LogP contribution in [0.1, 0.15) is 22.6 Å². The third kappa shape index (κ3) is 2.74. The Balaban J connectivity index is 1.91. The third-order valence-corrected chi connectivity index (χ3v) is 3.38. The van der Waals surface area contributed by atoms with Crippen LogP contribution in [0.2, 0.25) is 5.15 Å². The summed E-state index contributed by atoms with van der Waals surface area (Å²) < 4.78 is 18.5. The van der Waals surface area contributed by atoms with Gasteiger partial charge >= 0.3 is 0 Å². The minimum Gasteiger partial charge on any atom is -0.376 e. The van der Waals surface area contributed by atoms with E-state index in [9.17, 15) is 4.39 Å². The van der Waals surface area contributed by atoms with Gasteiger partial charge in [-0.1, -0.05) is 23.7 Å². The molecule has 0 amide bonds. The minimum absolute atomic E-state index is 0.255. The summed E-state index contributed by atoms with van der Waals surface area (Å²) in [6, 6.07) is 6.43. The first-order chi connectivity index (χ1) is 9.22. The predicted octanol–water partition coefficient (Wildman–Crippen LogP) is 2.93. The van der Waals surface area contributed by atoms with Crippen LogP contribution in [0.15, 0.2) is 24.3 Å². The standard InChI is InChI=1S/C14H12ClFN2O/c15-14-11-8-19-5-4-12(11)17-13(18-14)7-9-2-1-3-10(16)6-9/h1-3,6H,4-5,7-8H2. The SMILES string of the molecule is Fc1cccc(Cc2nc(Cl)c3c(n2)CCOC3)c1. The van der Waals surface area contributed by atoms with Crippen LogP contribution in [-0.2, 0) is 24.2 Å². The van der Waals surface area contributed by atoms with Crippen molar-refractivity contribution < 1.29 is 9.13 Å². The topological polar surface area (TPSA) is 35.0 Å². The average molecular weight is 279 g/mol. The molecule has 0 bridgehead atoms. The van der Waals surface area contributed by atoms with Gasteiger partial charge in [-0.2, -0.15) is 0 Å². The first-order valence-electron chi connectivity index (χ1n) is 6.09. The second-order valence-electron chi connectivity index (χ2n) is 4.47. The molecule has 98 valence electrons. The van der Waals surface area contributed by atoms with Gasteiger partial charge in [0.2, 0.25) is 0 Å². The lowest BCUT2D eigenvalue weighted by molar-refractivity contribution is 0.109. The van der Waals surface area contributed by atoms with E-state index in [-0.39, 0.29) is 5.82 Å². The molecular weight excluding hydrogens is 267 g/mol. The number of nitrogens with zero attached hydrogens (tertiary/aromatic N) is 2. The van der Waals surface area contributed by atoms with E-state index in [1.165, 1.54) is 12.1 Å². The molecule has 0 radical (unpaired) electrons. The van der Waals surface area contributed by atoms with Crippen LogP contribution in [0.3, 0.4) is 0 Å². The maximum absolute atomic E-state index is 13.1. The van der Waals surface area contributed by atoms with E-state index in [1.807, 2.05) is 6.07 Å². The highest BCUT2D eigenvalue weighted by Crippen LogP contribution is 2.22. The van der Waals surface area contributed by atoms with Crippen LogP contribution in [0, 0.1) is 5.82 Å². The fraction of sp³-hybridized carbons (Fsp3) is 0.286. The van der Waals surface area contributed by atoms with E-state index >= 15 is 0 Å². The first-order valence-corrected chi connectivity index (χ1v) is 6.46. The van der Waals surface area contributed by atoms with Gasteiger partial charge in [0.1, 0.15) is 16.8 Å². The highest BCUT2D eigenvalue weighted by atomic mass is 35.5. The summed E-state index contributed by atoms with van der Waals surface area (Å²) in [4.78, 5) is 8.76. The Morgan fingerprint density at radius 1 is 1.32 bits per heavy atom. The van der Waals surface area contributed by atoms with E-state index in [0.717, 1.165) is 23.2 Å². The van der Waals surface area contributed by atoms with Crippen molar-refractivity contribution in [2.45, 2.75) is 19.4 Å². The Morgan fingerprint density at radius 3 is 3.05 bits per heavy atom. The number of aromatic nitrogens is 2. The van der Waals surface area contributed by atoms with Gasteiger partial charge in [-0.15, -0.1) is 0 Å². The number of benzene rings is 1. The maximum atomic E-state index is 13.1. The summed E-state index contributed by atoms with van der Waals surface area (Å²) in [6.07, 6.45) is 1.22. The molecule has 0 N–H and O–H groups in total. The second kappa shape index (κ2) is 5.23. The normalized spacial score (nSPS) is 14.2. The van der Waals surface area contributed by atoms with Crippen molar-refractivity contribution in [3.05, 3.63) is 57.9 Å². The van der Waals surface area contributed by atoms with Gasteiger partial charge in [-0.3, -0.25) is 0 Å². The van der Waals surface area contributed by atoms with Gasteiger partial charge in [0.15, 0.2) is 0 Å². The minimum atomic E-state index is -0.255. The van der Waals surface area contributed by atoms with E-state index in [0.29, 0.717) is 30.6 Å². The average Bonchev–Trinajstić information content (AvgIpc) is 2.39. The molecule has 1 aliphatic heterocycles. The van der Waals surface area contributed by atoms with E-state index in [1.54, 1.807) is 6.07 Å². The Kier molecular flexibility index (Phi) is 3.44. The largest absolute Gasteiger partial charge is 0.376 e. The number of rotatable bonds is 2. The van der Waals surface area contributed by atoms with Crippen LogP contribution >= 0.6 is 11.6 Å². The molecule has 1 aliphatic rings. The molecule has 3 rings (SSSR count). The molecule has 0 spiro atoms. The van der Waals surface area contributed by atoms with Gasteiger partial charge in [-0.25, -0.2) is 14.4 Å². The molecule has 2 heterocycles. The van der Waals surface area contributed by atoms with Crippen molar-refractivity contribution in [3.8, 4) is 0 Å². The molecule has 5 heteroatoms. The first kappa shape index (κ1) is 12.5. The zero-order valence-electron chi connectivity index (χ0n) is 10.2. The fourth-order valence-electron chi connectivity index (χ4n) is 2.15. The van der Waals surface area contributed by atoms with E-state index < -0.39 is 0 Å². The quantitative estimate of drug-likeness (QED) is 0.792. The van der Waals surface area contributed by atoms with E-state index in [4.69, 9.17) is 16.3 Å². The lowest BCUT2D eigenvalue weighted by atomic mass is 10.1. The summed E-state index contributed by atoms with van der Waals surface area (Å²) >= 11 is 6.14. The van der Waals surface area contributed by atoms with Crippen molar-refractivity contribution in [2.75, 3.05) is 6.61 Å². The number of fused-ring (bicyclic) bond motifs is 1. The lowest BCUT2D eigenvalue weighted by Gasteiger charge is -2.17. The number of ether oxygens (including phenoxy) is 1. The lowest BCUT2D eigenvalue weighted by Crippen LogP contribution is -2.15. The fourth-order valence-corrected chi connectivity index (χ4v) is 2.41. The molecule has 0 aliphatic carbocycles. The molecule has 0 unspecified atom stereocenters. The van der Waals surface area contributed by atoms with Gasteiger partial charge in [0.05, 0.1) is 18.9 Å². The molecular formula is C14H12ClFN2O. The van der Waals surface area contributed by atoms with Crippen molar-refractivity contribution >= 4 is 11.6 Å². The summed E-state index contributed by atoms with van der Waals surface area (Å²) in [6.45, 7) is 1.12. The Labute approximate surface area is 115 Å². The van der Waals surface area contributed by atoms with Crippen molar-refractivity contribution in [3.63, 3.8) is 0 Å². The molecule has 2 aromatic rings. The highest BCUT2D eigenvalue weighted by Gasteiger charge is 2.17. The van der Waals surface area contributed by atoms with Gasteiger partial charge < -0.3 is 4.74 Å². The van der Waals surface area contributed by atoms with Crippen molar-refractivity contribution in [1.82, 2.24) is 9.97 Å². The van der Waals surface area contributed by atoms with Crippen LogP contribution < -0.4 is 0 Å². The Hall–Kier alpha value is -1.52. The zero-order valence-corrected chi connectivity index (χ0v) is 11.0. The van der Waals surface area contributed by atoms with Crippen molar-refractivity contribution in [2.24, 2.45) is 0 Å². The van der Waals surface area contributed by atoms with Crippen LogP contribution in [0.5, 0.6) is 0 Å². The molecule has 0 fully saturated rings. The predicted molar refractivity (Wildman–Crippen MR) is 69.6 cm³/mol. The summed E-state index contributed by atoms with van der Waals surface area (Å²) in [5.74, 6) is 0.367. The van der Waals surface area contributed by atoms with Gasteiger partial charge in [-0.05, 0) is 17.7 Å². The summed E-state index contributed by atoms with van der Waals surface area (Å²) in [5.41, 5.74) is 2.65. The molecule has 19 heavy (non-hydrogen) atoms. The third-order valence-electron chi connectivity index (χ3n) is 3.07. The van der Waals surface area contributed by atoms with Crippen LogP contribution in [0.4, 0.5) is 4.39 Å². The summed E-state index contributed by atoms with van der Waals surface area (Å²) in [7, 11) is 0. The van der Waals surface area contributed by atoms with Crippen LogP contribution in [0.25, 0.3) is 0 Å². The highest BCUT2D eigenvalue weighted by molar-refractivity contribution is 6.30. The van der Waals surface area contributed by atoms with Gasteiger partial charge in [0, 0.05) is 18.4 Å². The smallest absolute Gasteiger partial charge is 0.138 e. The molecule has 0 atom stereocenters.